The van der Waals surface area contributed by atoms with Crippen molar-refractivity contribution in [3.05, 3.63) is 29.8 Å². The number of carbonyl (C=O) groups is 3. The van der Waals surface area contributed by atoms with Crippen LogP contribution in [0.5, 0.6) is 0 Å². The Bertz CT molecular complexity index is 1040. The molecule has 0 heterocycles. The summed E-state index contributed by atoms with van der Waals surface area (Å²) in [6, 6.07) is 6.80. The first-order valence-electron chi connectivity index (χ1n) is 14.1. The van der Waals surface area contributed by atoms with Crippen molar-refractivity contribution in [1.29, 1.82) is 0 Å². The highest BCUT2D eigenvalue weighted by atomic mass is 16.5. The Kier molecular flexibility index (Phi) is 7.12. The minimum absolute atomic E-state index is 0.143. The fourth-order valence-corrected chi connectivity index (χ4v) is 8.14. The van der Waals surface area contributed by atoms with Crippen LogP contribution in [0.25, 0.3) is 0 Å². The number of aliphatic hydroxyl groups is 1. The summed E-state index contributed by atoms with van der Waals surface area (Å²) in [6.07, 6.45) is 7.39. The van der Waals surface area contributed by atoms with E-state index in [1.165, 1.54) is 0 Å². The molecule has 0 saturated heterocycles. The maximum Gasteiger partial charge on any atom is 0.340 e. The molecule has 7 nitrogen and oxygen atoms in total. The molecule has 0 aromatic heterocycles. The average Bonchev–Trinajstić information content (AvgIpc) is 2.81. The van der Waals surface area contributed by atoms with Crippen LogP contribution in [0.3, 0.4) is 0 Å². The number of anilines is 1. The van der Waals surface area contributed by atoms with Crippen molar-refractivity contribution in [1.82, 2.24) is 0 Å². The molecule has 0 radical (unpaired) electrons. The van der Waals surface area contributed by atoms with Gasteiger partial charge in [0.2, 0.25) is 0 Å². The second kappa shape index (κ2) is 10.0. The number of rotatable bonds is 7. The number of hydrogen-bond donors (Lipinski definition) is 2. The third kappa shape index (κ3) is 5.43. The van der Waals surface area contributed by atoms with E-state index < -0.39 is 29.5 Å². The van der Waals surface area contributed by atoms with Gasteiger partial charge in [-0.15, -0.1) is 0 Å². The number of carbonyl (C=O) groups excluding carboxylic acids is 3. The van der Waals surface area contributed by atoms with E-state index in [-0.39, 0.29) is 12.1 Å². The Morgan fingerprint density at radius 3 is 2.43 bits per heavy atom. The van der Waals surface area contributed by atoms with Gasteiger partial charge in [0.15, 0.2) is 6.61 Å². The third-order valence-corrected chi connectivity index (χ3v) is 9.44. The zero-order chi connectivity index (χ0) is 26.4. The van der Waals surface area contributed by atoms with Crippen molar-refractivity contribution in [2.24, 2.45) is 35.0 Å². The molecule has 1 aromatic carbocycles. The lowest BCUT2D eigenvalue weighted by Crippen LogP contribution is -2.58. The van der Waals surface area contributed by atoms with Crippen molar-refractivity contribution in [3.63, 3.8) is 0 Å². The van der Waals surface area contributed by atoms with Crippen LogP contribution < -0.4 is 5.32 Å². The molecular weight excluding hydrogens is 470 g/mol. The summed E-state index contributed by atoms with van der Waals surface area (Å²) in [5.41, 5.74) is -0.797. The van der Waals surface area contributed by atoms with E-state index in [0.717, 1.165) is 51.4 Å². The monoisotopic (exact) mass is 511 g/mol. The smallest absolute Gasteiger partial charge is 0.340 e. The number of amides is 1. The summed E-state index contributed by atoms with van der Waals surface area (Å²) in [7, 11) is 0. The highest BCUT2D eigenvalue weighted by Crippen LogP contribution is 2.62. The van der Waals surface area contributed by atoms with Crippen LogP contribution in [0.2, 0.25) is 0 Å². The predicted octanol–water partition coefficient (Wildman–Crippen LogP) is 5.12. The Balaban J connectivity index is 1.20. The zero-order valence-electron chi connectivity index (χ0n) is 22.3. The van der Waals surface area contributed by atoms with E-state index in [1.54, 1.807) is 24.3 Å². The van der Waals surface area contributed by atoms with Crippen LogP contribution in [0.15, 0.2) is 24.3 Å². The molecule has 5 aliphatic carbocycles. The van der Waals surface area contributed by atoms with E-state index in [0.29, 0.717) is 47.3 Å². The fraction of sp³-hybridized carbons (Fsp3) is 0.700. The van der Waals surface area contributed by atoms with Crippen molar-refractivity contribution < 1.29 is 29.0 Å². The first kappa shape index (κ1) is 26.2. The van der Waals surface area contributed by atoms with Gasteiger partial charge < -0.3 is 19.9 Å². The van der Waals surface area contributed by atoms with Crippen LogP contribution in [-0.2, 0) is 19.1 Å². The number of nitrogens with one attached hydrogen (secondary N) is 1. The van der Waals surface area contributed by atoms with Crippen LogP contribution in [0.4, 0.5) is 5.69 Å². The summed E-state index contributed by atoms with van der Waals surface area (Å²) in [5, 5.41) is 13.7. The van der Waals surface area contributed by atoms with E-state index in [9.17, 15) is 19.5 Å². The van der Waals surface area contributed by atoms with Crippen LogP contribution in [0.1, 0.15) is 88.9 Å². The van der Waals surface area contributed by atoms with Gasteiger partial charge in [0.05, 0.1) is 22.3 Å². The Labute approximate surface area is 219 Å². The third-order valence-electron chi connectivity index (χ3n) is 9.44. The first-order valence-corrected chi connectivity index (χ1v) is 14.1. The summed E-state index contributed by atoms with van der Waals surface area (Å²) in [6.45, 7) is 6.10. The molecular formula is C30H41NO6. The molecule has 0 aliphatic heterocycles. The Morgan fingerprint density at radius 2 is 1.76 bits per heavy atom. The van der Waals surface area contributed by atoms with Gasteiger partial charge >= 0.3 is 11.9 Å². The molecule has 5 fully saturated rings. The molecule has 202 valence electrons. The maximum atomic E-state index is 13.2. The van der Waals surface area contributed by atoms with Crippen molar-refractivity contribution in [2.75, 3.05) is 11.9 Å². The molecule has 0 spiro atoms. The standard InChI is InChI=1S/C30H41NO6/c1-18(2)22-9-8-19(3)10-25(22)37-27(33)23-6-4-5-7-24(23)31-26(32)16-36-28(34)29-12-20-11-21(13-29)15-30(35,14-20)17-29/h4-7,18-22,25,35H,8-17H2,1-3H3,(H,31,32)/t19-,20-,21+,22+,25+,29?,30?/m1/s1. The quantitative estimate of drug-likeness (QED) is 0.493. The molecule has 7 atom stereocenters. The van der Waals surface area contributed by atoms with Crippen LogP contribution in [-0.4, -0.2) is 41.3 Å². The summed E-state index contributed by atoms with van der Waals surface area (Å²) in [5.74, 6) is 0.637. The lowest BCUT2D eigenvalue weighted by atomic mass is 9.48. The SMILES string of the molecule is CC(C)[C@@H]1CC[C@@H](C)C[C@@H]1OC(=O)c1ccccc1NC(=O)COC(=O)C12C[C@@H]3C[C@@H](CC(O)(C3)C1)C2. The van der Waals surface area contributed by atoms with Gasteiger partial charge in [0.25, 0.3) is 5.91 Å². The molecule has 1 aromatic rings. The Morgan fingerprint density at radius 1 is 1.05 bits per heavy atom. The molecule has 2 N–H and O–H groups in total. The normalized spacial score (nSPS) is 36.3. The average molecular weight is 512 g/mol. The van der Waals surface area contributed by atoms with Gasteiger partial charge in [0.1, 0.15) is 6.10 Å². The minimum Gasteiger partial charge on any atom is -0.458 e. The molecule has 5 aliphatic rings. The van der Waals surface area contributed by atoms with Gasteiger partial charge in [-0.1, -0.05) is 39.3 Å². The minimum atomic E-state index is -0.768. The van der Waals surface area contributed by atoms with Crippen molar-refractivity contribution in [2.45, 2.75) is 90.3 Å². The predicted molar refractivity (Wildman–Crippen MR) is 139 cm³/mol. The van der Waals surface area contributed by atoms with Gasteiger partial charge in [-0.3, -0.25) is 9.59 Å². The van der Waals surface area contributed by atoms with Crippen LogP contribution in [0, 0.1) is 35.0 Å². The van der Waals surface area contributed by atoms with Gasteiger partial charge in [-0.2, -0.15) is 0 Å². The number of benzene rings is 1. The second-order valence-electron chi connectivity index (χ2n) is 12.9. The van der Waals surface area contributed by atoms with Gasteiger partial charge in [0, 0.05) is 0 Å². The van der Waals surface area contributed by atoms with Gasteiger partial charge in [-0.05, 0) is 93.1 Å². The highest BCUT2D eigenvalue weighted by molar-refractivity contribution is 6.02. The van der Waals surface area contributed by atoms with Crippen molar-refractivity contribution in [3.8, 4) is 0 Å². The van der Waals surface area contributed by atoms with E-state index >= 15 is 0 Å². The Hall–Kier alpha value is -2.41. The van der Waals surface area contributed by atoms with Crippen molar-refractivity contribution >= 4 is 23.5 Å². The molecule has 4 bridgehead atoms. The van der Waals surface area contributed by atoms with E-state index in [1.807, 2.05) is 0 Å². The zero-order valence-corrected chi connectivity index (χ0v) is 22.3. The summed E-state index contributed by atoms with van der Waals surface area (Å²) >= 11 is 0. The fourth-order valence-electron chi connectivity index (χ4n) is 8.14. The van der Waals surface area contributed by atoms with Crippen LogP contribution >= 0.6 is 0 Å². The van der Waals surface area contributed by atoms with E-state index in [4.69, 9.17) is 9.47 Å². The lowest BCUT2D eigenvalue weighted by molar-refractivity contribution is -0.196. The van der Waals surface area contributed by atoms with E-state index in [2.05, 4.69) is 26.1 Å². The second-order valence-corrected chi connectivity index (χ2v) is 12.9. The number of esters is 2. The molecule has 5 saturated carbocycles. The van der Waals surface area contributed by atoms with Gasteiger partial charge in [-0.25, -0.2) is 4.79 Å². The number of para-hydroxylation sites is 1. The molecule has 6 rings (SSSR count). The molecule has 1 amide bonds. The summed E-state index contributed by atoms with van der Waals surface area (Å²) < 4.78 is 11.5. The topological polar surface area (TPSA) is 102 Å². The summed E-state index contributed by atoms with van der Waals surface area (Å²) in [4.78, 5) is 39.0. The number of ether oxygens (including phenoxy) is 2. The number of hydrogen-bond acceptors (Lipinski definition) is 6. The highest BCUT2D eigenvalue weighted by Gasteiger charge is 2.61. The largest absolute Gasteiger partial charge is 0.458 e. The maximum absolute atomic E-state index is 13.2. The first-order chi connectivity index (χ1) is 17.6. The molecule has 2 unspecified atom stereocenters. The molecule has 37 heavy (non-hydrogen) atoms. The molecule has 7 heteroatoms. The lowest BCUT2D eigenvalue weighted by Gasteiger charge is -2.58.